The third-order valence-corrected chi connectivity index (χ3v) is 3.92. The Morgan fingerprint density at radius 1 is 1.93 bits per heavy atom. The van der Waals surface area contributed by atoms with Gasteiger partial charge in [-0.1, -0.05) is 13.3 Å². The Hall–Kier alpha value is -1.41. The molecule has 1 saturated carbocycles. The molecule has 1 aromatic heterocycles. The summed E-state index contributed by atoms with van der Waals surface area (Å²) in [4.78, 5) is 14.7. The third-order valence-electron chi connectivity index (χ3n) is 2.90. The minimum atomic E-state index is -1.03. The summed E-state index contributed by atoms with van der Waals surface area (Å²) in [6.45, 7) is 2.04. The highest BCUT2D eigenvalue weighted by Crippen LogP contribution is 2.56. The first-order valence-corrected chi connectivity index (χ1v) is 5.62. The lowest BCUT2D eigenvalue weighted by Crippen LogP contribution is -2.07. The topological polar surface area (TPSA) is 74.0 Å². The third kappa shape index (κ3) is 1.41. The average molecular weight is 222 g/mol. The molecule has 1 aromatic rings. The summed E-state index contributed by atoms with van der Waals surface area (Å²) in [7, 11) is 0. The van der Waals surface area contributed by atoms with Crippen LogP contribution in [-0.2, 0) is 5.41 Å². The average Bonchev–Trinajstić information content (AvgIpc) is 2.74. The molecule has 4 nitrogen and oxygen atoms in total. The van der Waals surface area contributed by atoms with E-state index in [1.54, 1.807) is 0 Å². The van der Waals surface area contributed by atoms with Crippen molar-refractivity contribution in [2.24, 2.45) is 5.92 Å². The van der Waals surface area contributed by atoms with Gasteiger partial charge in [-0.15, -0.1) is 11.3 Å². The molecule has 1 fully saturated rings. The SMILES string of the molecule is CCC1CC1(C#N)c1nc(C(=O)O)cs1. The van der Waals surface area contributed by atoms with E-state index < -0.39 is 11.4 Å². The Morgan fingerprint density at radius 3 is 3.07 bits per heavy atom. The quantitative estimate of drug-likeness (QED) is 0.849. The molecule has 1 aliphatic rings. The summed E-state index contributed by atoms with van der Waals surface area (Å²) in [5, 5.41) is 20.0. The lowest BCUT2D eigenvalue weighted by Gasteiger charge is -2.01. The van der Waals surface area contributed by atoms with Crippen LogP contribution in [0.15, 0.2) is 5.38 Å². The summed E-state index contributed by atoms with van der Waals surface area (Å²) >= 11 is 1.28. The van der Waals surface area contributed by atoms with Crippen molar-refractivity contribution in [1.29, 1.82) is 5.26 Å². The number of rotatable bonds is 3. The molecule has 2 atom stereocenters. The molecule has 1 N–H and O–H groups in total. The number of carbonyl (C=O) groups is 1. The van der Waals surface area contributed by atoms with Crippen molar-refractivity contribution in [3.8, 4) is 6.07 Å². The number of aromatic nitrogens is 1. The molecule has 0 radical (unpaired) electrons. The van der Waals surface area contributed by atoms with E-state index in [1.165, 1.54) is 16.7 Å². The summed E-state index contributed by atoms with van der Waals surface area (Å²) in [6.07, 6.45) is 1.75. The van der Waals surface area contributed by atoms with Crippen LogP contribution in [0.25, 0.3) is 0 Å². The molecule has 2 unspecified atom stereocenters. The molecule has 15 heavy (non-hydrogen) atoms. The Kier molecular flexibility index (Phi) is 2.24. The summed E-state index contributed by atoms with van der Waals surface area (Å²) in [6, 6.07) is 2.28. The predicted molar refractivity (Wildman–Crippen MR) is 54.8 cm³/mol. The second-order valence-electron chi connectivity index (χ2n) is 3.74. The van der Waals surface area contributed by atoms with Gasteiger partial charge in [-0.2, -0.15) is 5.26 Å². The number of hydrogen-bond acceptors (Lipinski definition) is 4. The maximum Gasteiger partial charge on any atom is 0.355 e. The molecular formula is C10H10N2O2S. The Morgan fingerprint density at radius 2 is 2.67 bits per heavy atom. The number of thiazole rings is 1. The first-order chi connectivity index (χ1) is 7.14. The fourth-order valence-electron chi connectivity index (χ4n) is 1.85. The van der Waals surface area contributed by atoms with Gasteiger partial charge in [0, 0.05) is 5.38 Å². The molecule has 0 saturated heterocycles. The summed E-state index contributed by atoms with van der Waals surface area (Å²) in [5.41, 5.74) is -0.445. The first-order valence-electron chi connectivity index (χ1n) is 4.74. The van der Waals surface area contributed by atoms with Crippen LogP contribution in [0.3, 0.4) is 0 Å². The molecule has 1 aliphatic carbocycles. The lowest BCUT2D eigenvalue weighted by atomic mass is 10.1. The highest BCUT2D eigenvalue weighted by Gasteiger charge is 2.57. The van der Waals surface area contributed by atoms with Gasteiger partial charge in [-0.25, -0.2) is 9.78 Å². The fraction of sp³-hybridized carbons (Fsp3) is 0.500. The zero-order chi connectivity index (χ0) is 11.1. The molecule has 0 spiro atoms. The van der Waals surface area contributed by atoms with E-state index in [-0.39, 0.29) is 5.69 Å². The van der Waals surface area contributed by atoms with Gasteiger partial charge in [-0.05, 0) is 12.3 Å². The molecule has 0 aromatic carbocycles. The molecule has 0 bridgehead atoms. The van der Waals surface area contributed by atoms with Gasteiger partial charge in [0.05, 0.1) is 6.07 Å². The van der Waals surface area contributed by atoms with E-state index in [0.29, 0.717) is 10.9 Å². The van der Waals surface area contributed by atoms with Crippen molar-refractivity contribution in [3.63, 3.8) is 0 Å². The van der Waals surface area contributed by atoms with E-state index in [1.807, 2.05) is 6.92 Å². The van der Waals surface area contributed by atoms with E-state index >= 15 is 0 Å². The molecule has 1 heterocycles. The second-order valence-corrected chi connectivity index (χ2v) is 4.59. The van der Waals surface area contributed by atoms with Gasteiger partial charge in [-0.3, -0.25) is 0 Å². The van der Waals surface area contributed by atoms with Crippen LogP contribution in [0.1, 0.15) is 35.3 Å². The van der Waals surface area contributed by atoms with Crippen LogP contribution in [0.2, 0.25) is 0 Å². The van der Waals surface area contributed by atoms with Gasteiger partial charge >= 0.3 is 5.97 Å². The van der Waals surface area contributed by atoms with Crippen molar-refractivity contribution < 1.29 is 9.90 Å². The Bertz CT molecular complexity index is 449. The summed E-state index contributed by atoms with van der Waals surface area (Å²) in [5.74, 6) is -0.686. The highest BCUT2D eigenvalue weighted by molar-refractivity contribution is 7.10. The maximum absolute atomic E-state index is 10.7. The van der Waals surface area contributed by atoms with Crippen molar-refractivity contribution in [2.45, 2.75) is 25.2 Å². The number of carboxylic acids is 1. The minimum absolute atomic E-state index is 0.0476. The molecule has 2 rings (SSSR count). The predicted octanol–water partition coefficient (Wildman–Crippen LogP) is 2.03. The Labute approximate surface area is 91.2 Å². The molecule has 0 amide bonds. The van der Waals surface area contributed by atoms with E-state index in [4.69, 9.17) is 10.4 Å². The highest BCUT2D eigenvalue weighted by atomic mass is 32.1. The largest absolute Gasteiger partial charge is 0.476 e. The van der Waals surface area contributed by atoms with Gasteiger partial charge in [0.15, 0.2) is 5.69 Å². The van der Waals surface area contributed by atoms with Crippen LogP contribution in [-0.4, -0.2) is 16.1 Å². The van der Waals surface area contributed by atoms with E-state index in [2.05, 4.69) is 11.1 Å². The van der Waals surface area contributed by atoms with Crippen LogP contribution < -0.4 is 0 Å². The van der Waals surface area contributed by atoms with Gasteiger partial charge in [0.25, 0.3) is 0 Å². The second kappa shape index (κ2) is 3.31. The zero-order valence-corrected chi connectivity index (χ0v) is 9.04. The van der Waals surface area contributed by atoms with Crippen LogP contribution in [0, 0.1) is 17.2 Å². The summed E-state index contributed by atoms with van der Waals surface area (Å²) < 4.78 is 0. The van der Waals surface area contributed by atoms with Crippen molar-refractivity contribution in [1.82, 2.24) is 4.98 Å². The normalized spacial score (nSPS) is 28.4. The van der Waals surface area contributed by atoms with Crippen LogP contribution >= 0.6 is 11.3 Å². The standard InChI is InChI=1S/C10H10N2O2S/c1-2-6-3-10(6,5-11)9-12-7(4-15-9)8(13)14/h4,6H,2-3H2,1H3,(H,13,14). The van der Waals surface area contributed by atoms with Crippen molar-refractivity contribution >= 4 is 17.3 Å². The smallest absolute Gasteiger partial charge is 0.355 e. The van der Waals surface area contributed by atoms with Gasteiger partial charge < -0.3 is 5.11 Å². The first kappa shape index (κ1) is 10.1. The van der Waals surface area contributed by atoms with E-state index in [9.17, 15) is 4.79 Å². The maximum atomic E-state index is 10.7. The number of nitriles is 1. The molecular weight excluding hydrogens is 212 g/mol. The minimum Gasteiger partial charge on any atom is -0.476 e. The van der Waals surface area contributed by atoms with Crippen molar-refractivity contribution in [3.05, 3.63) is 16.1 Å². The van der Waals surface area contributed by atoms with E-state index in [0.717, 1.165) is 12.8 Å². The monoisotopic (exact) mass is 222 g/mol. The lowest BCUT2D eigenvalue weighted by molar-refractivity contribution is 0.0691. The zero-order valence-electron chi connectivity index (χ0n) is 8.23. The molecule has 78 valence electrons. The van der Waals surface area contributed by atoms with Gasteiger partial charge in [0.2, 0.25) is 0 Å². The fourth-order valence-corrected chi connectivity index (χ4v) is 2.88. The number of nitrogens with zero attached hydrogens (tertiary/aromatic N) is 2. The molecule has 0 aliphatic heterocycles. The van der Waals surface area contributed by atoms with Crippen LogP contribution in [0.5, 0.6) is 0 Å². The Balaban J connectivity index is 2.31. The molecule has 5 heteroatoms. The van der Waals surface area contributed by atoms with Crippen LogP contribution in [0.4, 0.5) is 0 Å². The number of carboxylic acid groups (broad SMARTS) is 1. The van der Waals surface area contributed by atoms with Crippen molar-refractivity contribution in [2.75, 3.05) is 0 Å². The number of hydrogen-bond donors (Lipinski definition) is 1. The number of aromatic carboxylic acids is 1. The van der Waals surface area contributed by atoms with Gasteiger partial charge in [0.1, 0.15) is 10.4 Å².